The summed E-state index contributed by atoms with van der Waals surface area (Å²) in [5.41, 5.74) is 3.46. The molecule has 1 aliphatic heterocycles. The van der Waals surface area contributed by atoms with Crippen LogP contribution in [0.1, 0.15) is 49.1 Å². The number of likely N-dealkylation sites (N-methyl/N-ethyl adjacent to an activating group) is 1. The number of carboxylic acids is 1. The van der Waals surface area contributed by atoms with Crippen molar-refractivity contribution in [1.29, 1.82) is 0 Å². The molecule has 4 rings (SSSR count). The van der Waals surface area contributed by atoms with E-state index in [1.165, 1.54) is 34.2 Å². The van der Waals surface area contributed by atoms with Crippen molar-refractivity contribution in [2.45, 2.75) is 43.6 Å². The fourth-order valence-electron chi connectivity index (χ4n) is 4.96. The van der Waals surface area contributed by atoms with Crippen LogP contribution in [-0.2, 0) is 19.1 Å². The van der Waals surface area contributed by atoms with Crippen LogP contribution in [0, 0.1) is 0 Å². The Morgan fingerprint density at radius 1 is 1.06 bits per heavy atom. The summed E-state index contributed by atoms with van der Waals surface area (Å²) < 4.78 is 10.8. The van der Waals surface area contributed by atoms with Gasteiger partial charge in [-0.3, -0.25) is 4.79 Å². The van der Waals surface area contributed by atoms with E-state index in [2.05, 4.69) is 29.6 Å². The third kappa shape index (κ3) is 5.17. The minimum Gasteiger partial charge on any atom is -0.479 e. The van der Waals surface area contributed by atoms with Gasteiger partial charge in [0.2, 0.25) is 5.91 Å². The second-order valence-electron chi connectivity index (χ2n) is 9.16. The lowest BCUT2D eigenvalue weighted by atomic mass is 9.96. The van der Waals surface area contributed by atoms with Crippen LogP contribution in [0.15, 0.2) is 48.5 Å². The van der Waals surface area contributed by atoms with E-state index in [4.69, 9.17) is 9.47 Å². The maximum atomic E-state index is 12.5. The fraction of sp³-hybridized carbons (Fsp3) is 0.444. The first kappa shape index (κ1) is 24.7. The van der Waals surface area contributed by atoms with Crippen LogP contribution in [0.5, 0.6) is 0 Å². The molecule has 0 saturated carbocycles. The minimum absolute atomic E-state index is 0.0225. The van der Waals surface area contributed by atoms with Crippen LogP contribution in [0.4, 0.5) is 4.79 Å². The molecule has 1 fully saturated rings. The molecule has 1 aliphatic carbocycles. The van der Waals surface area contributed by atoms with Gasteiger partial charge in [-0.1, -0.05) is 55.0 Å². The normalized spacial score (nSPS) is 18.5. The Kier molecular flexibility index (Phi) is 7.70. The maximum Gasteiger partial charge on any atom is 0.407 e. The largest absolute Gasteiger partial charge is 0.479 e. The van der Waals surface area contributed by atoms with Gasteiger partial charge >= 0.3 is 12.1 Å². The lowest BCUT2D eigenvalue weighted by molar-refractivity contribution is -0.157. The number of amides is 2. The van der Waals surface area contributed by atoms with Crippen molar-refractivity contribution in [2.75, 3.05) is 33.4 Å². The Morgan fingerprint density at radius 3 is 2.31 bits per heavy atom. The van der Waals surface area contributed by atoms with Gasteiger partial charge in [0.15, 0.2) is 5.54 Å². The molecule has 1 unspecified atom stereocenters. The van der Waals surface area contributed by atoms with Gasteiger partial charge in [0.05, 0.1) is 6.61 Å². The van der Waals surface area contributed by atoms with Gasteiger partial charge in [0.1, 0.15) is 6.61 Å². The summed E-state index contributed by atoms with van der Waals surface area (Å²) in [6.45, 7) is 1.09. The Hall–Kier alpha value is -3.39. The number of alkyl carbamates (subject to hydrolysis) is 1. The first-order chi connectivity index (χ1) is 16.9. The number of rotatable bonds is 10. The van der Waals surface area contributed by atoms with Crippen LogP contribution in [0.2, 0.25) is 0 Å². The molecule has 1 atom stereocenters. The molecular weight excluding hydrogens is 448 g/mol. The predicted octanol–water partition coefficient (Wildman–Crippen LogP) is 3.79. The molecule has 2 aliphatic rings. The molecular formula is C27H32N2O6. The molecule has 35 heavy (non-hydrogen) atoms. The zero-order valence-corrected chi connectivity index (χ0v) is 20.0. The van der Waals surface area contributed by atoms with Crippen molar-refractivity contribution in [3.05, 3.63) is 59.7 Å². The maximum absolute atomic E-state index is 12.5. The molecule has 8 nitrogen and oxygen atoms in total. The van der Waals surface area contributed by atoms with Gasteiger partial charge in [-0.05, 0) is 35.1 Å². The number of unbranched alkanes of at least 4 members (excludes halogenated alkanes) is 2. The molecule has 2 aromatic rings. The number of fused-ring (bicyclic) bond motifs is 3. The smallest absolute Gasteiger partial charge is 0.407 e. The molecule has 1 heterocycles. The minimum atomic E-state index is -1.26. The van der Waals surface area contributed by atoms with Crippen molar-refractivity contribution < 1.29 is 29.0 Å². The Bertz CT molecular complexity index is 1030. The number of hydrogen-bond donors (Lipinski definition) is 2. The number of nitrogens with zero attached hydrogens (tertiary/aromatic N) is 1. The van der Waals surface area contributed by atoms with Gasteiger partial charge in [0, 0.05) is 39.0 Å². The van der Waals surface area contributed by atoms with Crippen LogP contribution in [-0.4, -0.2) is 66.9 Å². The Labute approximate surface area is 205 Å². The van der Waals surface area contributed by atoms with Crippen molar-refractivity contribution in [3.8, 4) is 11.1 Å². The van der Waals surface area contributed by atoms with Crippen LogP contribution in [0.25, 0.3) is 11.1 Å². The highest BCUT2D eigenvalue weighted by Crippen LogP contribution is 2.44. The first-order valence-electron chi connectivity index (χ1n) is 12.1. The number of aliphatic carboxylic acids is 1. The van der Waals surface area contributed by atoms with Crippen LogP contribution in [0.3, 0.4) is 0 Å². The van der Waals surface area contributed by atoms with E-state index in [1.54, 1.807) is 0 Å². The molecule has 0 aromatic heterocycles. The molecule has 0 radical (unpaired) electrons. The number of carboxylic acid groups (broad SMARTS) is 1. The fourth-order valence-corrected chi connectivity index (χ4v) is 4.96. The standard InChI is InChI=1S/C27H32N2O6/c1-29(27(25(31)32)14-16-34-18-27)24(30)13-3-2-8-15-28-26(33)35-17-23-21-11-6-4-9-19(21)20-10-5-7-12-22(20)23/h4-7,9-12,23H,2-3,8,13-18H2,1H3,(H,28,33)(H,31,32). The summed E-state index contributed by atoms with van der Waals surface area (Å²) >= 11 is 0. The third-order valence-corrected chi connectivity index (χ3v) is 7.10. The number of hydrogen-bond acceptors (Lipinski definition) is 5. The van der Waals surface area contributed by atoms with Crippen LogP contribution >= 0.6 is 0 Å². The zero-order chi connectivity index (χ0) is 24.8. The number of carbonyl (C=O) groups is 3. The molecule has 1 saturated heterocycles. The van der Waals surface area contributed by atoms with E-state index < -0.39 is 17.6 Å². The van der Waals surface area contributed by atoms with E-state index in [9.17, 15) is 19.5 Å². The predicted molar refractivity (Wildman–Crippen MR) is 130 cm³/mol. The van der Waals surface area contributed by atoms with E-state index in [-0.39, 0.29) is 31.5 Å². The summed E-state index contributed by atoms with van der Waals surface area (Å²) in [4.78, 5) is 37.7. The molecule has 0 bridgehead atoms. The quantitative estimate of drug-likeness (QED) is 0.502. The van der Waals surface area contributed by atoms with E-state index >= 15 is 0 Å². The average molecular weight is 481 g/mol. The van der Waals surface area contributed by atoms with Gasteiger partial charge in [-0.15, -0.1) is 0 Å². The average Bonchev–Trinajstić information content (AvgIpc) is 3.49. The monoisotopic (exact) mass is 480 g/mol. The summed E-state index contributed by atoms with van der Waals surface area (Å²) in [6, 6.07) is 16.4. The lowest BCUT2D eigenvalue weighted by Crippen LogP contribution is -2.55. The summed E-state index contributed by atoms with van der Waals surface area (Å²) in [5.74, 6) is -1.21. The molecule has 186 valence electrons. The van der Waals surface area contributed by atoms with Crippen LogP contribution < -0.4 is 5.32 Å². The van der Waals surface area contributed by atoms with Crippen molar-refractivity contribution in [3.63, 3.8) is 0 Å². The molecule has 2 N–H and O–H groups in total. The first-order valence-corrected chi connectivity index (χ1v) is 12.1. The Balaban J connectivity index is 1.15. The number of benzene rings is 2. The second-order valence-corrected chi connectivity index (χ2v) is 9.16. The van der Waals surface area contributed by atoms with Gasteiger partial charge in [-0.2, -0.15) is 0 Å². The van der Waals surface area contributed by atoms with Crippen molar-refractivity contribution >= 4 is 18.0 Å². The molecule has 2 aromatic carbocycles. The highest BCUT2D eigenvalue weighted by atomic mass is 16.5. The summed E-state index contributed by atoms with van der Waals surface area (Å²) in [6.07, 6.45) is 2.16. The molecule has 2 amide bonds. The van der Waals surface area contributed by atoms with E-state index in [1.807, 2.05) is 24.3 Å². The lowest BCUT2D eigenvalue weighted by Gasteiger charge is -2.33. The van der Waals surface area contributed by atoms with Gasteiger partial charge < -0.3 is 24.8 Å². The van der Waals surface area contributed by atoms with Crippen molar-refractivity contribution in [1.82, 2.24) is 10.2 Å². The number of carbonyl (C=O) groups excluding carboxylic acids is 2. The summed E-state index contributed by atoms with van der Waals surface area (Å²) in [5, 5.41) is 12.3. The SMILES string of the molecule is CN(C(=O)CCCCCNC(=O)OCC1c2ccccc2-c2ccccc21)C1(C(=O)O)CCOC1. The second kappa shape index (κ2) is 10.9. The zero-order valence-electron chi connectivity index (χ0n) is 20.0. The third-order valence-electron chi connectivity index (χ3n) is 7.10. The van der Waals surface area contributed by atoms with E-state index in [0.29, 0.717) is 32.4 Å². The highest BCUT2D eigenvalue weighted by molar-refractivity contribution is 5.87. The molecule has 8 heteroatoms. The molecule has 0 spiro atoms. The number of ether oxygens (including phenoxy) is 2. The van der Waals surface area contributed by atoms with Gasteiger partial charge in [0.25, 0.3) is 0 Å². The van der Waals surface area contributed by atoms with Crippen molar-refractivity contribution in [2.24, 2.45) is 0 Å². The number of nitrogens with one attached hydrogen (secondary N) is 1. The highest BCUT2D eigenvalue weighted by Gasteiger charge is 2.48. The van der Waals surface area contributed by atoms with Gasteiger partial charge in [-0.25, -0.2) is 9.59 Å². The Morgan fingerprint density at radius 2 is 1.71 bits per heavy atom. The van der Waals surface area contributed by atoms with E-state index in [0.717, 1.165) is 6.42 Å². The summed E-state index contributed by atoms with van der Waals surface area (Å²) in [7, 11) is 1.53. The topological polar surface area (TPSA) is 105 Å².